The van der Waals surface area contributed by atoms with E-state index in [1.165, 1.54) is 12.0 Å². The van der Waals surface area contributed by atoms with Crippen LogP contribution in [0.3, 0.4) is 0 Å². The van der Waals surface area contributed by atoms with Gasteiger partial charge in [0.15, 0.2) is 18.1 Å². The SMILES string of the molecule is CCOc1cc(C=C2SC(=O)N(Cc3ccc4ccccc4c3)C2=O)ccc1OCC(=O)Nc1ccccc1OC. The van der Waals surface area contributed by atoms with E-state index in [1.807, 2.05) is 55.5 Å². The number of hydrogen-bond acceptors (Lipinski definition) is 7. The number of amides is 3. The number of ether oxygens (including phenoxy) is 3. The average molecular weight is 569 g/mol. The summed E-state index contributed by atoms with van der Waals surface area (Å²) in [7, 11) is 1.53. The van der Waals surface area contributed by atoms with Gasteiger partial charge in [-0.3, -0.25) is 19.3 Å². The van der Waals surface area contributed by atoms with Gasteiger partial charge in [-0.05, 0) is 77.0 Å². The van der Waals surface area contributed by atoms with Gasteiger partial charge in [-0.2, -0.15) is 0 Å². The first-order valence-electron chi connectivity index (χ1n) is 13.0. The molecule has 0 aromatic heterocycles. The van der Waals surface area contributed by atoms with Crippen LogP contribution in [0.2, 0.25) is 0 Å². The van der Waals surface area contributed by atoms with Crippen LogP contribution in [0.1, 0.15) is 18.1 Å². The molecule has 0 saturated carbocycles. The molecule has 5 rings (SSSR count). The van der Waals surface area contributed by atoms with E-state index in [1.54, 1.807) is 42.5 Å². The summed E-state index contributed by atoms with van der Waals surface area (Å²) in [5.41, 5.74) is 2.08. The molecule has 4 aromatic rings. The normalized spacial score (nSPS) is 14.0. The van der Waals surface area contributed by atoms with Gasteiger partial charge in [0.2, 0.25) is 0 Å². The van der Waals surface area contributed by atoms with Crippen molar-refractivity contribution in [1.29, 1.82) is 0 Å². The lowest BCUT2D eigenvalue weighted by molar-refractivity contribution is -0.123. The van der Waals surface area contributed by atoms with E-state index in [2.05, 4.69) is 5.32 Å². The number of anilines is 1. The number of fused-ring (bicyclic) bond motifs is 1. The number of carbonyl (C=O) groups excluding carboxylic acids is 3. The van der Waals surface area contributed by atoms with Crippen LogP contribution in [-0.2, 0) is 16.1 Å². The summed E-state index contributed by atoms with van der Waals surface area (Å²) >= 11 is 0.904. The van der Waals surface area contributed by atoms with E-state index in [-0.39, 0.29) is 30.2 Å². The Hall–Kier alpha value is -4.76. The molecule has 0 aliphatic carbocycles. The van der Waals surface area contributed by atoms with Crippen LogP contribution in [-0.4, -0.2) is 42.3 Å². The van der Waals surface area contributed by atoms with Crippen molar-refractivity contribution in [2.75, 3.05) is 25.6 Å². The molecular weight excluding hydrogens is 540 g/mol. The zero-order valence-corrected chi connectivity index (χ0v) is 23.4. The molecule has 9 heteroatoms. The lowest BCUT2D eigenvalue weighted by atomic mass is 10.1. The Bertz CT molecular complexity index is 1650. The molecule has 1 aliphatic heterocycles. The molecule has 1 aliphatic rings. The molecular formula is C32H28N2O6S. The van der Waals surface area contributed by atoms with Gasteiger partial charge in [0.25, 0.3) is 17.1 Å². The Balaban J connectivity index is 1.27. The molecule has 1 fully saturated rings. The molecule has 41 heavy (non-hydrogen) atoms. The summed E-state index contributed by atoms with van der Waals surface area (Å²) in [4.78, 5) is 39.9. The van der Waals surface area contributed by atoms with Gasteiger partial charge in [-0.1, -0.05) is 54.6 Å². The number of nitrogens with zero attached hydrogens (tertiary/aromatic N) is 1. The van der Waals surface area contributed by atoms with Gasteiger partial charge in [0, 0.05) is 0 Å². The van der Waals surface area contributed by atoms with Crippen LogP contribution in [0.5, 0.6) is 17.2 Å². The third-order valence-electron chi connectivity index (χ3n) is 6.33. The first-order valence-corrected chi connectivity index (χ1v) is 13.8. The molecule has 1 heterocycles. The van der Waals surface area contributed by atoms with Crippen molar-refractivity contribution < 1.29 is 28.6 Å². The fraction of sp³-hybridized carbons (Fsp3) is 0.156. The van der Waals surface area contributed by atoms with Crippen molar-refractivity contribution in [3.63, 3.8) is 0 Å². The van der Waals surface area contributed by atoms with Crippen LogP contribution in [0.15, 0.2) is 89.8 Å². The third kappa shape index (κ3) is 6.53. The average Bonchev–Trinajstić information content (AvgIpc) is 3.24. The molecule has 3 amide bonds. The minimum absolute atomic E-state index is 0.195. The Morgan fingerprint density at radius 3 is 2.46 bits per heavy atom. The van der Waals surface area contributed by atoms with Crippen LogP contribution in [0, 0.1) is 0 Å². The summed E-state index contributed by atoms with van der Waals surface area (Å²) in [6.45, 7) is 2.16. The Morgan fingerprint density at radius 2 is 1.66 bits per heavy atom. The monoisotopic (exact) mass is 568 g/mol. The maximum atomic E-state index is 13.1. The third-order valence-corrected chi connectivity index (χ3v) is 7.24. The number of methoxy groups -OCH3 is 1. The van der Waals surface area contributed by atoms with Gasteiger partial charge in [0.05, 0.1) is 30.9 Å². The summed E-state index contributed by atoms with van der Waals surface area (Å²) in [6, 6.07) is 26.1. The Labute approximate surface area is 241 Å². The second kappa shape index (κ2) is 12.6. The largest absolute Gasteiger partial charge is 0.495 e. The molecule has 1 saturated heterocycles. The predicted molar refractivity (Wildman–Crippen MR) is 160 cm³/mol. The zero-order valence-electron chi connectivity index (χ0n) is 22.6. The van der Waals surface area contributed by atoms with Gasteiger partial charge in [-0.25, -0.2) is 0 Å². The predicted octanol–water partition coefficient (Wildman–Crippen LogP) is 6.50. The van der Waals surface area contributed by atoms with Gasteiger partial charge in [-0.15, -0.1) is 0 Å². The molecule has 0 bridgehead atoms. The van der Waals surface area contributed by atoms with Crippen LogP contribution in [0.4, 0.5) is 10.5 Å². The highest BCUT2D eigenvalue weighted by molar-refractivity contribution is 8.18. The van der Waals surface area contributed by atoms with E-state index >= 15 is 0 Å². The van der Waals surface area contributed by atoms with E-state index in [0.717, 1.165) is 28.1 Å². The fourth-order valence-electron chi connectivity index (χ4n) is 4.39. The minimum atomic E-state index is -0.360. The van der Waals surface area contributed by atoms with Crippen molar-refractivity contribution >= 4 is 51.4 Å². The van der Waals surface area contributed by atoms with E-state index in [9.17, 15) is 14.4 Å². The maximum Gasteiger partial charge on any atom is 0.293 e. The summed E-state index contributed by atoms with van der Waals surface area (Å²) in [5, 5.41) is 4.60. The van der Waals surface area contributed by atoms with E-state index in [4.69, 9.17) is 14.2 Å². The zero-order chi connectivity index (χ0) is 28.8. The van der Waals surface area contributed by atoms with Crippen molar-refractivity contribution in [3.05, 3.63) is 101 Å². The lowest BCUT2D eigenvalue weighted by Gasteiger charge is -2.14. The lowest BCUT2D eigenvalue weighted by Crippen LogP contribution is -2.27. The summed E-state index contributed by atoms with van der Waals surface area (Å²) in [6.07, 6.45) is 1.66. The molecule has 0 atom stereocenters. The minimum Gasteiger partial charge on any atom is -0.495 e. The number of imide groups is 1. The number of nitrogens with one attached hydrogen (secondary N) is 1. The smallest absolute Gasteiger partial charge is 0.293 e. The van der Waals surface area contributed by atoms with Crippen molar-refractivity contribution in [1.82, 2.24) is 4.90 Å². The first-order chi connectivity index (χ1) is 19.9. The van der Waals surface area contributed by atoms with Crippen molar-refractivity contribution in [3.8, 4) is 17.2 Å². The van der Waals surface area contributed by atoms with E-state index < -0.39 is 0 Å². The highest BCUT2D eigenvalue weighted by Crippen LogP contribution is 2.36. The van der Waals surface area contributed by atoms with Crippen LogP contribution >= 0.6 is 11.8 Å². The molecule has 8 nitrogen and oxygen atoms in total. The van der Waals surface area contributed by atoms with Crippen molar-refractivity contribution in [2.45, 2.75) is 13.5 Å². The first kappa shape index (κ1) is 27.8. The topological polar surface area (TPSA) is 94.2 Å². The molecule has 0 unspecified atom stereocenters. The number of carbonyl (C=O) groups is 3. The summed E-state index contributed by atoms with van der Waals surface area (Å²) in [5.74, 6) is 0.632. The maximum absolute atomic E-state index is 13.1. The van der Waals surface area contributed by atoms with Crippen LogP contribution in [0.25, 0.3) is 16.8 Å². The van der Waals surface area contributed by atoms with E-state index in [0.29, 0.717) is 40.0 Å². The number of para-hydroxylation sites is 2. The summed E-state index contributed by atoms with van der Waals surface area (Å²) < 4.78 is 16.7. The van der Waals surface area contributed by atoms with Gasteiger partial charge >= 0.3 is 0 Å². The Morgan fingerprint density at radius 1 is 0.878 bits per heavy atom. The van der Waals surface area contributed by atoms with Crippen molar-refractivity contribution in [2.24, 2.45) is 0 Å². The fourth-order valence-corrected chi connectivity index (χ4v) is 5.23. The second-order valence-corrected chi connectivity index (χ2v) is 10.1. The van der Waals surface area contributed by atoms with Gasteiger partial charge in [0.1, 0.15) is 5.75 Å². The number of thioether (sulfide) groups is 1. The number of benzene rings is 4. The number of hydrogen-bond donors (Lipinski definition) is 1. The second-order valence-electron chi connectivity index (χ2n) is 9.13. The molecule has 208 valence electrons. The standard InChI is InChI=1S/C32H28N2O6S/c1-3-39-28-17-21(13-15-27(28)40-20-30(35)33-25-10-6-7-11-26(25)38-2)18-29-31(36)34(32(37)41-29)19-22-12-14-23-8-4-5-9-24(23)16-22/h4-18H,3,19-20H2,1-2H3,(H,33,35). The highest BCUT2D eigenvalue weighted by atomic mass is 32.2. The molecule has 1 N–H and O–H groups in total. The molecule has 4 aromatic carbocycles. The van der Waals surface area contributed by atoms with Crippen LogP contribution < -0.4 is 19.5 Å². The number of rotatable bonds is 10. The highest BCUT2D eigenvalue weighted by Gasteiger charge is 2.35. The molecule has 0 spiro atoms. The molecule has 0 radical (unpaired) electrons. The Kier molecular flexibility index (Phi) is 8.55. The van der Waals surface area contributed by atoms with Gasteiger partial charge < -0.3 is 19.5 Å². The quantitative estimate of drug-likeness (QED) is 0.218.